The van der Waals surface area contributed by atoms with Crippen LogP contribution in [0.3, 0.4) is 0 Å². The lowest BCUT2D eigenvalue weighted by atomic mass is 9.88. The van der Waals surface area contributed by atoms with E-state index in [1.165, 1.54) is 49.8 Å². The van der Waals surface area contributed by atoms with Crippen LogP contribution in [0.4, 0.5) is 0 Å². The van der Waals surface area contributed by atoms with E-state index in [0.717, 1.165) is 33.3 Å². The Bertz CT molecular complexity index is 2330. The quantitative estimate of drug-likeness (QED) is 0.191. The van der Waals surface area contributed by atoms with Crippen molar-refractivity contribution in [3.8, 4) is 39.3 Å². The summed E-state index contributed by atoms with van der Waals surface area (Å²) in [6.07, 6.45) is 4.02. The normalized spacial score (nSPS) is 11.9. The maximum absolute atomic E-state index is 6.85. The average Bonchev–Trinajstić information content (AvgIpc) is 3.73. The Labute approximate surface area is 269 Å². The Morgan fingerprint density at radius 2 is 1.17 bits per heavy atom. The van der Waals surface area contributed by atoms with E-state index in [1.54, 1.807) is 0 Å². The summed E-state index contributed by atoms with van der Waals surface area (Å²) in [5.74, 6) is 1.51. The molecule has 0 spiro atoms. The Balaban J connectivity index is 1.38. The van der Waals surface area contributed by atoms with E-state index < -0.39 is 0 Å². The molecule has 224 valence electrons. The van der Waals surface area contributed by atoms with E-state index in [2.05, 4.69) is 160 Å². The first kappa shape index (κ1) is 28.1. The smallest absolute Gasteiger partial charge is 0.148 e. The molecule has 0 aliphatic heterocycles. The van der Waals surface area contributed by atoms with Crippen molar-refractivity contribution in [1.82, 2.24) is 9.55 Å². The van der Waals surface area contributed by atoms with Gasteiger partial charge < -0.3 is 4.42 Å². The number of para-hydroxylation sites is 1. The molecule has 2 heterocycles. The highest BCUT2D eigenvalue weighted by molar-refractivity contribution is 6.23. The van der Waals surface area contributed by atoms with Gasteiger partial charge in [0, 0.05) is 23.2 Å². The highest BCUT2D eigenvalue weighted by atomic mass is 16.3. The molecule has 46 heavy (non-hydrogen) atoms. The maximum atomic E-state index is 6.85. The fraction of sp³-hybridized carbons (Fsp3) is 0.140. The van der Waals surface area contributed by atoms with Crippen LogP contribution in [0.2, 0.25) is 0 Å². The van der Waals surface area contributed by atoms with Crippen molar-refractivity contribution < 1.29 is 4.42 Å². The summed E-state index contributed by atoms with van der Waals surface area (Å²) < 4.78 is 9.13. The predicted molar refractivity (Wildman–Crippen MR) is 193 cm³/mol. The van der Waals surface area contributed by atoms with E-state index >= 15 is 0 Å². The van der Waals surface area contributed by atoms with Crippen molar-refractivity contribution >= 4 is 32.7 Å². The molecule has 2 aromatic heterocycles. The fourth-order valence-electron chi connectivity index (χ4n) is 7.01. The molecular weight excluding hydrogens is 560 g/mol. The van der Waals surface area contributed by atoms with Gasteiger partial charge >= 0.3 is 0 Å². The van der Waals surface area contributed by atoms with Gasteiger partial charge in [0.25, 0.3) is 0 Å². The van der Waals surface area contributed by atoms with E-state index in [-0.39, 0.29) is 0 Å². The van der Waals surface area contributed by atoms with Gasteiger partial charge in [-0.2, -0.15) is 0 Å². The highest BCUT2D eigenvalue weighted by Gasteiger charge is 2.23. The van der Waals surface area contributed by atoms with Gasteiger partial charge in [-0.25, -0.2) is 4.98 Å². The van der Waals surface area contributed by atoms with Crippen molar-refractivity contribution in [1.29, 1.82) is 0 Å². The topological polar surface area (TPSA) is 31.0 Å². The van der Waals surface area contributed by atoms with Crippen LogP contribution in [0.25, 0.3) is 72.0 Å². The second kappa shape index (κ2) is 11.2. The van der Waals surface area contributed by atoms with Crippen LogP contribution in [0.15, 0.2) is 138 Å². The number of imidazole rings is 1. The second-order valence-electron chi connectivity index (χ2n) is 12.8. The van der Waals surface area contributed by atoms with Crippen LogP contribution in [0, 0.1) is 0 Å². The zero-order valence-corrected chi connectivity index (χ0v) is 26.7. The van der Waals surface area contributed by atoms with E-state index in [4.69, 9.17) is 9.40 Å². The molecule has 0 N–H and O–H groups in total. The third kappa shape index (κ3) is 4.54. The molecule has 0 amide bonds. The van der Waals surface area contributed by atoms with Crippen molar-refractivity contribution in [2.75, 3.05) is 0 Å². The summed E-state index contributed by atoms with van der Waals surface area (Å²) in [5, 5.41) is 4.66. The molecule has 0 aliphatic rings. The van der Waals surface area contributed by atoms with Gasteiger partial charge in [0.05, 0.1) is 11.3 Å². The van der Waals surface area contributed by atoms with E-state index in [9.17, 15) is 0 Å². The zero-order valence-electron chi connectivity index (χ0n) is 26.7. The molecule has 0 radical (unpaired) electrons. The summed E-state index contributed by atoms with van der Waals surface area (Å²) in [6, 6.07) is 43.3. The summed E-state index contributed by atoms with van der Waals surface area (Å²) in [7, 11) is 0. The number of hydrogen-bond acceptors (Lipinski definition) is 2. The lowest BCUT2D eigenvalue weighted by Gasteiger charge is -2.23. The molecule has 3 heteroatoms. The highest BCUT2D eigenvalue weighted by Crippen LogP contribution is 2.44. The number of fused-ring (bicyclic) bond motifs is 5. The van der Waals surface area contributed by atoms with Gasteiger partial charge in [0.15, 0.2) is 0 Å². The summed E-state index contributed by atoms with van der Waals surface area (Å²) >= 11 is 0. The van der Waals surface area contributed by atoms with Gasteiger partial charge in [0.1, 0.15) is 17.0 Å². The predicted octanol–water partition coefficient (Wildman–Crippen LogP) is 12.2. The molecule has 0 atom stereocenters. The number of furan rings is 1. The zero-order chi connectivity index (χ0) is 31.4. The number of benzene rings is 6. The first-order valence-corrected chi connectivity index (χ1v) is 16.2. The van der Waals surface area contributed by atoms with Crippen LogP contribution < -0.4 is 0 Å². The lowest BCUT2D eigenvalue weighted by molar-refractivity contribution is 0.669. The number of nitrogens with zero attached hydrogens (tertiary/aromatic N) is 2. The van der Waals surface area contributed by atoms with E-state index in [0.29, 0.717) is 11.8 Å². The fourth-order valence-corrected chi connectivity index (χ4v) is 7.01. The Kier molecular flexibility index (Phi) is 6.83. The molecule has 6 aromatic carbocycles. The third-order valence-corrected chi connectivity index (χ3v) is 9.23. The largest absolute Gasteiger partial charge is 0.455 e. The first-order valence-electron chi connectivity index (χ1n) is 16.2. The van der Waals surface area contributed by atoms with Crippen molar-refractivity contribution in [2.45, 2.75) is 39.5 Å². The van der Waals surface area contributed by atoms with Crippen LogP contribution in [-0.2, 0) is 0 Å². The minimum Gasteiger partial charge on any atom is -0.455 e. The molecule has 0 bridgehead atoms. The number of hydrogen-bond donors (Lipinski definition) is 0. The molecule has 8 aromatic rings. The minimum atomic E-state index is 0.316. The molecule has 0 unspecified atom stereocenters. The van der Waals surface area contributed by atoms with Crippen molar-refractivity contribution in [3.05, 3.63) is 145 Å². The van der Waals surface area contributed by atoms with Crippen molar-refractivity contribution in [3.63, 3.8) is 0 Å². The van der Waals surface area contributed by atoms with Crippen LogP contribution in [0.5, 0.6) is 0 Å². The minimum absolute atomic E-state index is 0.316. The Hall–Kier alpha value is -5.41. The SMILES string of the molecule is CC(C)c1cc(-c2ccccc2)cc(C(C)C)c1-n1ccnc1-c1cccc2c1oc1cc(-c3ccccc3)c3ccccc3c12. The first-order chi connectivity index (χ1) is 22.5. The Morgan fingerprint density at radius 1 is 0.565 bits per heavy atom. The van der Waals surface area contributed by atoms with Gasteiger partial charge in [-0.1, -0.05) is 125 Å². The number of rotatable bonds is 6. The monoisotopic (exact) mass is 596 g/mol. The van der Waals surface area contributed by atoms with Crippen LogP contribution >= 0.6 is 0 Å². The molecule has 0 aliphatic carbocycles. The molecule has 0 saturated carbocycles. The standard InChI is InChI=1S/C43H36N2O/c1-27(2)36-24-31(29-14-7-5-8-15-29)25-37(28(3)4)41(36)45-23-22-44-43(45)35-21-13-20-34-40-33-19-12-11-18-32(33)38(26-39(40)46-42(34)35)30-16-9-6-10-17-30/h5-28H,1-4H3. The summed E-state index contributed by atoms with van der Waals surface area (Å²) in [4.78, 5) is 5.00. The summed E-state index contributed by atoms with van der Waals surface area (Å²) in [5.41, 5.74) is 11.4. The van der Waals surface area contributed by atoms with Crippen LogP contribution in [0.1, 0.15) is 50.7 Å². The van der Waals surface area contributed by atoms with E-state index in [1.807, 2.05) is 6.20 Å². The Morgan fingerprint density at radius 3 is 1.85 bits per heavy atom. The van der Waals surface area contributed by atoms with Crippen molar-refractivity contribution in [2.24, 2.45) is 0 Å². The van der Waals surface area contributed by atoms with Gasteiger partial charge in [-0.15, -0.1) is 0 Å². The van der Waals surface area contributed by atoms with Crippen LogP contribution in [-0.4, -0.2) is 9.55 Å². The number of aromatic nitrogens is 2. The third-order valence-electron chi connectivity index (χ3n) is 9.23. The maximum Gasteiger partial charge on any atom is 0.148 e. The molecule has 0 fully saturated rings. The molecule has 0 saturated heterocycles. The average molecular weight is 597 g/mol. The molecule has 8 rings (SSSR count). The van der Waals surface area contributed by atoms with Gasteiger partial charge in [-0.3, -0.25) is 4.57 Å². The molecular formula is C43H36N2O. The lowest BCUT2D eigenvalue weighted by Crippen LogP contribution is -2.08. The summed E-state index contributed by atoms with van der Waals surface area (Å²) in [6.45, 7) is 9.13. The van der Waals surface area contributed by atoms with Gasteiger partial charge in [0.2, 0.25) is 0 Å². The van der Waals surface area contributed by atoms with Gasteiger partial charge in [-0.05, 0) is 80.3 Å². The second-order valence-corrected chi connectivity index (χ2v) is 12.8. The molecule has 3 nitrogen and oxygen atoms in total.